The Morgan fingerprint density at radius 3 is 1.76 bits per heavy atom. The third kappa shape index (κ3) is 6.02. The van der Waals surface area contributed by atoms with Gasteiger partial charge in [-0.05, 0) is 20.8 Å². The van der Waals surface area contributed by atoms with Crippen LogP contribution < -0.4 is 0 Å². The molecule has 0 heterocycles. The molecular weight excluding hydrogens is 272 g/mol. The third-order valence-electron chi connectivity index (χ3n) is 1.96. The second-order valence-corrected chi connectivity index (χ2v) is 6.70. The summed E-state index contributed by atoms with van der Waals surface area (Å²) in [5, 5.41) is 0. The zero-order chi connectivity index (χ0) is 12.0. The fraction of sp³-hybridized carbons (Fsp3) is 0.286. The minimum absolute atomic E-state index is 0. The monoisotopic (exact) mass is 290 g/mol. The molecule has 0 saturated carbocycles. The van der Waals surface area contributed by atoms with E-state index in [1.165, 1.54) is 0 Å². The van der Waals surface area contributed by atoms with E-state index in [1.54, 1.807) is 0 Å². The number of rotatable bonds is 1. The Balaban J connectivity index is 0.000000360. The minimum Gasteiger partial charge on any atom is -0.267 e. The van der Waals surface area contributed by atoms with Gasteiger partial charge in [0.2, 0.25) is 0 Å². The fourth-order valence-electron chi connectivity index (χ4n) is 1.15. The quantitative estimate of drug-likeness (QED) is 0.578. The molecule has 17 heavy (non-hydrogen) atoms. The van der Waals surface area contributed by atoms with Gasteiger partial charge in [-0.25, -0.2) is 24.3 Å². The summed E-state index contributed by atoms with van der Waals surface area (Å²) >= 11 is 0. The molecule has 1 atom stereocenters. The molecule has 2 aromatic carbocycles. The Labute approximate surface area is 117 Å². The van der Waals surface area contributed by atoms with Crippen molar-refractivity contribution < 1.29 is 21.3 Å². The molecule has 0 saturated heterocycles. The SMILES string of the molecule is CC(C)(C)[S@@](=O)[c-]1cccc1.[Fe+2].c1cc[cH-]c1. The third-order valence-corrected chi connectivity index (χ3v) is 3.77. The van der Waals surface area contributed by atoms with Crippen LogP contribution in [-0.2, 0) is 27.9 Å². The van der Waals surface area contributed by atoms with Gasteiger partial charge in [0, 0.05) is 15.5 Å². The van der Waals surface area contributed by atoms with Gasteiger partial charge in [0.1, 0.15) is 0 Å². The van der Waals surface area contributed by atoms with E-state index in [0.29, 0.717) is 0 Å². The second-order valence-electron chi connectivity index (χ2n) is 4.46. The summed E-state index contributed by atoms with van der Waals surface area (Å²) < 4.78 is 11.5. The molecule has 0 unspecified atom stereocenters. The van der Waals surface area contributed by atoms with Gasteiger partial charge in [0.25, 0.3) is 0 Å². The summed E-state index contributed by atoms with van der Waals surface area (Å²) in [5.74, 6) is 0. The topological polar surface area (TPSA) is 17.1 Å². The van der Waals surface area contributed by atoms with Gasteiger partial charge >= 0.3 is 17.1 Å². The van der Waals surface area contributed by atoms with Crippen LogP contribution in [0.15, 0.2) is 59.5 Å². The molecule has 0 aromatic heterocycles. The Morgan fingerprint density at radius 1 is 1.00 bits per heavy atom. The van der Waals surface area contributed by atoms with Crippen molar-refractivity contribution in [3.63, 3.8) is 0 Å². The van der Waals surface area contributed by atoms with E-state index < -0.39 is 10.8 Å². The average Bonchev–Trinajstić information content (AvgIpc) is 2.91. The van der Waals surface area contributed by atoms with Crippen molar-refractivity contribution in [2.75, 3.05) is 0 Å². The first-order valence-corrected chi connectivity index (χ1v) is 6.47. The molecule has 0 N–H and O–H groups in total. The van der Waals surface area contributed by atoms with Crippen molar-refractivity contribution >= 4 is 10.8 Å². The maximum Gasteiger partial charge on any atom is 2.00 e. The summed E-state index contributed by atoms with van der Waals surface area (Å²) in [4.78, 5) is 0.928. The molecule has 2 aromatic rings. The van der Waals surface area contributed by atoms with Gasteiger partial charge in [-0.15, -0.1) is 0 Å². The maximum absolute atomic E-state index is 11.6. The largest absolute Gasteiger partial charge is 2.00 e. The Bertz CT molecular complexity index is 379. The van der Waals surface area contributed by atoms with E-state index in [9.17, 15) is 4.21 Å². The van der Waals surface area contributed by atoms with E-state index in [2.05, 4.69) is 0 Å². The molecule has 0 amide bonds. The van der Waals surface area contributed by atoms with Crippen LogP contribution in [0.2, 0.25) is 0 Å². The van der Waals surface area contributed by atoms with Crippen LogP contribution in [-0.4, -0.2) is 8.96 Å². The minimum atomic E-state index is -0.870. The van der Waals surface area contributed by atoms with E-state index in [0.717, 1.165) is 4.90 Å². The zero-order valence-electron chi connectivity index (χ0n) is 10.4. The molecule has 0 fully saturated rings. The normalized spacial score (nSPS) is 11.9. The van der Waals surface area contributed by atoms with E-state index in [-0.39, 0.29) is 21.8 Å². The Hall–Kier alpha value is -0.631. The van der Waals surface area contributed by atoms with Gasteiger partial charge in [-0.3, -0.25) is 4.21 Å². The van der Waals surface area contributed by atoms with Gasteiger partial charge in [-0.2, -0.15) is 30.3 Å². The first-order valence-electron chi connectivity index (χ1n) is 5.32. The van der Waals surface area contributed by atoms with Gasteiger partial charge in [0.15, 0.2) is 0 Å². The molecule has 2 rings (SSSR count). The first-order chi connectivity index (χ1) is 7.52. The standard InChI is InChI=1S/C9H13OS.C5H5.Fe/c1-9(2,3)11(10)8-6-4-5-7-8;1-2-4-5-3-1;/h4-7H,1-3H3;1-5H;/q2*-1;+2/t11-;;/m0../s1. The van der Waals surface area contributed by atoms with Crippen LogP contribution in [0.3, 0.4) is 0 Å². The van der Waals surface area contributed by atoms with Crippen molar-refractivity contribution in [2.45, 2.75) is 30.4 Å². The van der Waals surface area contributed by atoms with Crippen LogP contribution in [0, 0.1) is 0 Å². The van der Waals surface area contributed by atoms with Crippen molar-refractivity contribution in [3.8, 4) is 0 Å². The molecule has 0 aliphatic carbocycles. The zero-order valence-corrected chi connectivity index (χ0v) is 12.3. The smallest absolute Gasteiger partial charge is 0.267 e. The Morgan fingerprint density at radius 2 is 1.47 bits per heavy atom. The molecule has 3 heteroatoms. The molecule has 0 aliphatic heterocycles. The first kappa shape index (κ1) is 16.4. The molecule has 0 spiro atoms. The number of hydrogen-bond acceptors (Lipinski definition) is 1. The summed E-state index contributed by atoms with van der Waals surface area (Å²) in [7, 11) is -0.870. The van der Waals surface area contributed by atoms with E-state index in [4.69, 9.17) is 0 Å². The van der Waals surface area contributed by atoms with Crippen LogP contribution in [0.1, 0.15) is 20.8 Å². The second kappa shape index (κ2) is 7.65. The molecule has 1 nitrogen and oxygen atoms in total. The predicted octanol–water partition coefficient (Wildman–Crippen LogP) is 3.71. The average molecular weight is 290 g/mol. The van der Waals surface area contributed by atoms with Crippen LogP contribution in [0.25, 0.3) is 0 Å². The molecular formula is C14H18FeOS. The van der Waals surface area contributed by atoms with Crippen LogP contribution in [0.5, 0.6) is 0 Å². The van der Waals surface area contributed by atoms with Gasteiger partial charge < -0.3 is 0 Å². The summed E-state index contributed by atoms with van der Waals surface area (Å²) in [6.07, 6.45) is 0. The van der Waals surface area contributed by atoms with Crippen molar-refractivity contribution in [3.05, 3.63) is 54.6 Å². The predicted molar refractivity (Wildman–Crippen MR) is 70.2 cm³/mol. The van der Waals surface area contributed by atoms with Gasteiger partial charge in [-0.1, -0.05) is 4.90 Å². The molecule has 0 aliphatic rings. The summed E-state index contributed by atoms with van der Waals surface area (Å²) in [5.41, 5.74) is 0. The van der Waals surface area contributed by atoms with Gasteiger partial charge in [0.05, 0.1) is 0 Å². The van der Waals surface area contributed by atoms with Crippen molar-refractivity contribution in [2.24, 2.45) is 0 Å². The fourth-order valence-corrected chi connectivity index (χ4v) is 2.27. The number of hydrogen-bond donors (Lipinski definition) is 0. The Kier molecular flexibility index (Phi) is 7.36. The van der Waals surface area contributed by atoms with E-state index in [1.807, 2.05) is 75.4 Å². The van der Waals surface area contributed by atoms with Crippen LogP contribution in [0.4, 0.5) is 0 Å². The molecule has 0 bridgehead atoms. The van der Waals surface area contributed by atoms with E-state index >= 15 is 0 Å². The van der Waals surface area contributed by atoms with Crippen LogP contribution >= 0.6 is 0 Å². The summed E-state index contributed by atoms with van der Waals surface area (Å²) in [6, 6.07) is 17.6. The van der Waals surface area contributed by atoms with Crippen molar-refractivity contribution in [1.82, 2.24) is 0 Å². The van der Waals surface area contributed by atoms with Crippen molar-refractivity contribution in [1.29, 1.82) is 0 Å². The summed E-state index contributed by atoms with van der Waals surface area (Å²) in [6.45, 7) is 5.95. The molecule has 94 valence electrons. The molecule has 0 radical (unpaired) electrons. The maximum atomic E-state index is 11.6.